The highest BCUT2D eigenvalue weighted by Gasteiger charge is 2.31. The first-order chi connectivity index (χ1) is 13.4. The maximum Gasteiger partial charge on any atom is 0.416 e. The number of rotatable bonds is 3. The van der Waals surface area contributed by atoms with E-state index >= 15 is 0 Å². The molecule has 0 saturated carbocycles. The fourth-order valence-corrected chi connectivity index (χ4v) is 3.70. The highest BCUT2D eigenvalue weighted by molar-refractivity contribution is 5.79. The fraction of sp³-hybridized carbons (Fsp3) is 0.350. The SMILES string of the molecule is O=C(Cc1cccc(C(F)(F)F)c1)N1CCCC(c2nnc3ccccn23)C1. The normalized spacial score (nSPS) is 17.8. The molecule has 4 rings (SSSR count). The Hall–Kier alpha value is -2.90. The van der Waals surface area contributed by atoms with Gasteiger partial charge in [0.2, 0.25) is 5.91 Å². The molecule has 1 amide bonds. The molecule has 0 aliphatic carbocycles. The molecule has 1 saturated heterocycles. The standard InChI is InChI=1S/C20H19F3N4O/c21-20(22,23)16-7-3-5-14(11-16)12-18(28)26-9-4-6-15(13-26)19-25-24-17-8-1-2-10-27(17)19/h1-3,5,7-8,10-11,15H,4,6,9,12-13H2. The second-order valence-electron chi connectivity index (χ2n) is 7.04. The molecule has 1 aliphatic rings. The molecule has 1 aromatic carbocycles. The van der Waals surface area contributed by atoms with Crippen molar-refractivity contribution in [1.82, 2.24) is 19.5 Å². The van der Waals surface area contributed by atoms with Crippen LogP contribution in [0.2, 0.25) is 0 Å². The van der Waals surface area contributed by atoms with Crippen molar-refractivity contribution in [3.05, 3.63) is 65.6 Å². The first-order valence-electron chi connectivity index (χ1n) is 9.15. The second-order valence-corrected chi connectivity index (χ2v) is 7.04. The molecular weight excluding hydrogens is 369 g/mol. The van der Waals surface area contributed by atoms with Crippen molar-refractivity contribution >= 4 is 11.6 Å². The van der Waals surface area contributed by atoms with Crippen LogP contribution in [0.1, 0.15) is 35.7 Å². The van der Waals surface area contributed by atoms with Gasteiger partial charge in [-0.15, -0.1) is 10.2 Å². The maximum absolute atomic E-state index is 12.9. The zero-order valence-corrected chi connectivity index (χ0v) is 15.1. The summed E-state index contributed by atoms with van der Waals surface area (Å²) < 4.78 is 40.6. The number of hydrogen-bond acceptors (Lipinski definition) is 3. The smallest absolute Gasteiger partial charge is 0.342 e. The first kappa shape index (κ1) is 18.5. The summed E-state index contributed by atoms with van der Waals surface area (Å²) in [5.41, 5.74) is 0.393. The summed E-state index contributed by atoms with van der Waals surface area (Å²) in [7, 11) is 0. The van der Waals surface area contributed by atoms with E-state index in [0.29, 0.717) is 18.7 Å². The highest BCUT2D eigenvalue weighted by Crippen LogP contribution is 2.30. The minimum absolute atomic E-state index is 0.0444. The number of piperidine rings is 1. The third-order valence-corrected chi connectivity index (χ3v) is 5.09. The van der Waals surface area contributed by atoms with Crippen LogP contribution in [0.25, 0.3) is 5.65 Å². The largest absolute Gasteiger partial charge is 0.416 e. The molecular formula is C20H19F3N4O. The number of likely N-dealkylation sites (tertiary alicyclic amines) is 1. The number of aromatic nitrogens is 3. The summed E-state index contributed by atoms with van der Waals surface area (Å²) in [6.07, 6.45) is -0.848. The Balaban J connectivity index is 1.48. The van der Waals surface area contributed by atoms with Crippen molar-refractivity contribution in [2.75, 3.05) is 13.1 Å². The van der Waals surface area contributed by atoms with Gasteiger partial charge in [0.05, 0.1) is 12.0 Å². The third kappa shape index (κ3) is 3.72. The van der Waals surface area contributed by atoms with Crippen LogP contribution in [-0.2, 0) is 17.4 Å². The summed E-state index contributed by atoms with van der Waals surface area (Å²) in [5, 5.41) is 8.45. The number of amides is 1. The Kier molecular flexibility index (Phi) is 4.78. The molecule has 0 radical (unpaired) electrons. The minimum Gasteiger partial charge on any atom is -0.342 e. The van der Waals surface area contributed by atoms with Crippen LogP contribution in [0, 0.1) is 0 Å². The summed E-state index contributed by atoms with van der Waals surface area (Å²) in [6, 6.07) is 10.6. The van der Waals surface area contributed by atoms with Crippen LogP contribution in [0.15, 0.2) is 48.7 Å². The number of hydrogen-bond donors (Lipinski definition) is 0. The van der Waals surface area contributed by atoms with Gasteiger partial charge in [-0.1, -0.05) is 24.3 Å². The Morgan fingerprint density at radius 1 is 1.14 bits per heavy atom. The Labute approximate surface area is 159 Å². The number of halogens is 3. The van der Waals surface area contributed by atoms with E-state index in [1.807, 2.05) is 28.8 Å². The maximum atomic E-state index is 12.9. The van der Waals surface area contributed by atoms with Gasteiger partial charge in [-0.3, -0.25) is 9.20 Å². The molecule has 0 bridgehead atoms. The summed E-state index contributed by atoms with van der Waals surface area (Å²) in [5.74, 6) is 0.696. The molecule has 5 nitrogen and oxygen atoms in total. The highest BCUT2D eigenvalue weighted by atomic mass is 19.4. The van der Waals surface area contributed by atoms with Gasteiger partial charge >= 0.3 is 6.18 Å². The molecule has 1 atom stereocenters. The second kappa shape index (κ2) is 7.26. The van der Waals surface area contributed by atoms with E-state index in [1.165, 1.54) is 6.07 Å². The molecule has 3 aromatic rings. The lowest BCUT2D eigenvalue weighted by Gasteiger charge is -2.32. The molecule has 1 fully saturated rings. The van der Waals surface area contributed by atoms with E-state index in [9.17, 15) is 18.0 Å². The molecule has 0 spiro atoms. The van der Waals surface area contributed by atoms with E-state index in [4.69, 9.17) is 0 Å². The molecule has 8 heteroatoms. The number of nitrogens with zero attached hydrogens (tertiary/aromatic N) is 4. The van der Waals surface area contributed by atoms with Crippen molar-refractivity contribution in [2.24, 2.45) is 0 Å². The van der Waals surface area contributed by atoms with E-state index in [2.05, 4.69) is 10.2 Å². The number of carbonyl (C=O) groups is 1. The Morgan fingerprint density at radius 3 is 2.82 bits per heavy atom. The predicted molar refractivity (Wildman–Crippen MR) is 96.7 cm³/mol. The topological polar surface area (TPSA) is 50.5 Å². The fourth-order valence-electron chi connectivity index (χ4n) is 3.70. The van der Waals surface area contributed by atoms with E-state index in [-0.39, 0.29) is 18.2 Å². The van der Waals surface area contributed by atoms with Gasteiger partial charge < -0.3 is 4.90 Å². The van der Waals surface area contributed by atoms with Gasteiger partial charge in [-0.2, -0.15) is 13.2 Å². The molecule has 2 aromatic heterocycles. The summed E-state index contributed by atoms with van der Waals surface area (Å²) >= 11 is 0. The Morgan fingerprint density at radius 2 is 2.00 bits per heavy atom. The van der Waals surface area contributed by atoms with Crippen molar-refractivity contribution in [3.63, 3.8) is 0 Å². The van der Waals surface area contributed by atoms with Crippen LogP contribution in [0.3, 0.4) is 0 Å². The number of benzene rings is 1. The van der Waals surface area contributed by atoms with Crippen LogP contribution >= 0.6 is 0 Å². The molecule has 0 N–H and O–H groups in total. The number of alkyl halides is 3. The molecule has 3 heterocycles. The van der Waals surface area contributed by atoms with Gasteiger partial charge in [0.1, 0.15) is 5.82 Å². The van der Waals surface area contributed by atoms with Gasteiger partial charge in [-0.25, -0.2) is 0 Å². The van der Waals surface area contributed by atoms with Gasteiger partial charge in [0, 0.05) is 25.2 Å². The van der Waals surface area contributed by atoms with Crippen molar-refractivity contribution < 1.29 is 18.0 Å². The molecule has 146 valence electrons. The van der Waals surface area contributed by atoms with Crippen molar-refractivity contribution in [3.8, 4) is 0 Å². The number of carbonyl (C=O) groups excluding carboxylic acids is 1. The van der Waals surface area contributed by atoms with Gasteiger partial charge in [-0.05, 0) is 36.6 Å². The number of fused-ring (bicyclic) bond motifs is 1. The lowest BCUT2D eigenvalue weighted by molar-refractivity contribution is -0.138. The summed E-state index contributed by atoms with van der Waals surface area (Å²) in [6.45, 7) is 1.10. The lowest BCUT2D eigenvalue weighted by Crippen LogP contribution is -2.40. The zero-order valence-electron chi connectivity index (χ0n) is 15.1. The predicted octanol–water partition coefficient (Wildman–Crippen LogP) is 3.70. The molecule has 28 heavy (non-hydrogen) atoms. The van der Waals surface area contributed by atoms with Crippen molar-refractivity contribution in [1.29, 1.82) is 0 Å². The van der Waals surface area contributed by atoms with Gasteiger partial charge in [0.15, 0.2) is 5.65 Å². The Bertz CT molecular complexity index is 998. The minimum atomic E-state index is -4.41. The van der Waals surface area contributed by atoms with Crippen LogP contribution < -0.4 is 0 Å². The van der Waals surface area contributed by atoms with Crippen LogP contribution in [0.4, 0.5) is 13.2 Å². The average molecular weight is 388 g/mol. The monoisotopic (exact) mass is 388 g/mol. The zero-order chi connectivity index (χ0) is 19.7. The third-order valence-electron chi connectivity index (χ3n) is 5.09. The van der Waals surface area contributed by atoms with Crippen LogP contribution in [-0.4, -0.2) is 38.5 Å². The van der Waals surface area contributed by atoms with Gasteiger partial charge in [0.25, 0.3) is 0 Å². The van der Waals surface area contributed by atoms with E-state index < -0.39 is 11.7 Å². The first-order valence-corrected chi connectivity index (χ1v) is 9.15. The lowest BCUT2D eigenvalue weighted by atomic mass is 9.96. The summed E-state index contributed by atoms with van der Waals surface area (Å²) in [4.78, 5) is 14.4. The molecule has 1 unspecified atom stereocenters. The van der Waals surface area contributed by atoms with Crippen molar-refractivity contribution in [2.45, 2.75) is 31.4 Å². The average Bonchev–Trinajstić information content (AvgIpc) is 3.12. The van der Waals surface area contributed by atoms with Crippen LogP contribution in [0.5, 0.6) is 0 Å². The molecule has 1 aliphatic heterocycles. The number of pyridine rings is 1. The quantitative estimate of drug-likeness (QED) is 0.688. The van der Waals surface area contributed by atoms with E-state index in [0.717, 1.165) is 36.4 Å². The van der Waals surface area contributed by atoms with E-state index in [1.54, 1.807) is 11.0 Å².